The minimum absolute atomic E-state index is 0.0201. The lowest BCUT2D eigenvalue weighted by molar-refractivity contribution is 0.0579. The number of hydrazine groups is 1. The first-order chi connectivity index (χ1) is 7.44. The van der Waals surface area contributed by atoms with Crippen LogP contribution in [0.25, 0.3) is 0 Å². The molecule has 0 bridgehead atoms. The van der Waals surface area contributed by atoms with Crippen LogP contribution in [-0.4, -0.2) is 39.7 Å². The van der Waals surface area contributed by atoms with Gasteiger partial charge in [0.05, 0.1) is 6.10 Å². The normalized spacial score (nSPS) is 16.0. The van der Waals surface area contributed by atoms with Crippen molar-refractivity contribution in [1.82, 2.24) is 5.43 Å². The number of nitrogens with one attached hydrogen (secondary N) is 1. The molecule has 0 aromatic rings. The summed E-state index contributed by atoms with van der Waals surface area (Å²) in [5.74, 6) is 5.65. The van der Waals surface area contributed by atoms with Gasteiger partial charge >= 0.3 is 0 Å². The molecule has 0 aromatic carbocycles. The van der Waals surface area contributed by atoms with E-state index in [0.29, 0.717) is 12.8 Å². The van der Waals surface area contributed by atoms with Crippen molar-refractivity contribution >= 4 is 9.84 Å². The second kappa shape index (κ2) is 8.00. The number of methoxy groups -OCH3 is 1. The van der Waals surface area contributed by atoms with E-state index >= 15 is 0 Å². The van der Waals surface area contributed by atoms with Crippen LogP contribution in [0.5, 0.6) is 0 Å². The molecule has 0 amide bonds. The van der Waals surface area contributed by atoms with E-state index in [9.17, 15) is 8.42 Å². The van der Waals surface area contributed by atoms with Gasteiger partial charge in [-0.1, -0.05) is 13.3 Å². The summed E-state index contributed by atoms with van der Waals surface area (Å²) in [5.41, 5.74) is 2.70. The lowest BCUT2D eigenvalue weighted by atomic mass is 10.0. The Labute approximate surface area is 98.6 Å². The van der Waals surface area contributed by atoms with E-state index in [1.165, 1.54) is 6.26 Å². The van der Waals surface area contributed by atoms with E-state index in [4.69, 9.17) is 10.6 Å². The second-order valence-electron chi connectivity index (χ2n) is 4.11. The number of rotatable bonds is 9. The first-order valence-electron chi connectivity index (χ1n) is 5.61. The van der Waals surface area contributed by atoms with Gasteiger partial charge in [-0.2, -0.15) is 0 Å². The molecule has 0 fully saturated rings. The third-order valence-corrected chi connectivity index (χ3v) is 3.60. The average Bonchev–Trinajstić information content (AvgIpc) is 2.20. The molecular weight excluding hydrogens is 228 g/mol. The first-order valence-corrected chi connectivity index (χ1v) is 7.67. The fraction of sp³-hybridized carbons (Fsp3) is 1.00. The van der Waals surface area contributed by atoms with Gasteiger partial charge in [-0.05, 0) is 19.3 Å². The summed E-state index contributed by atoms with van der Waals surface area (Å²) in [6.07, 6.45) is 4.55. The van der Waals surface area contributed by atoms with Gasteiger partial charge in [-0.15, -0.1) is 0 Å². The summed E-state index contributed by atoms with van der Waals surface area (Å²) in [6, 6.07) is 0.0201. The molecule has 5 nitrogen and oxygen atoms in total. The van der Waals surface area contributed by atoms with Gasteiger partial charge in [0.2, 0.25) is 0 Å². The van der Waals surface area contributed by atoms with Gasteiger partial charge < -0.3 is 4.74 Å². The van der Waals surface area contributed by atoms with Crippen LogP contribution < -0.4 is 11.3 Å². The Hall–Kier alpha value is -0.170. The zero-order valence-corrected chi connectivity index (χ0v) is 11.2. The Morgan fingerprint density at radius 3 is 2.38 bits per heavy atom. The standard InChI is InChI=1S/C10H24N2O3S/c1-4-6-10(15-2)9(12-11)7-5-8-16(3,13)14/h9-10,12H,4-8,11H2,1-3H3. The molecule has 2 unspecified atom stereocenters. The largest absolute Gasteiger partial charge is 0.380 e. The van der Waals surface area contributed by atoms with Gasteiger partial charge in [0.25, 0.3) is 0 Å². The van der Waals surface area contributed by atoms with Gasteiger partial charge in [-0.3, -0.25) is 11.3 Å². The van der Waals surface area contributed by atoms with Crippen LogP contribution in [0.3, 0.4) is 0 Å². The molecule has 0 rings (SSSR count). The van der Waals surface area contributed by atoms with Crippen molar-refractivity contribution in [3.8, 4) is 0 Å². The summed E-state index contributed by atoms with van der Waals surface area (Å²) in [7, 11) is -1.23. The SMILES string of the molecule is CCCC(OC)C(CCCS(C)(=O)=O)NN. The third kappa shape index (κ3) is 7.16. The Kier molecular flexibility index (Phi) is 7.91. The molecule has 0 aliphatic heterocycles. The Morgan fingerprint density at radius 1 is 1.38 bits per heavy atom. The molecule has 98 valence electrons. The maximum Gasteiger partial charge on any atom is 0.147 e. The monoisotopic (exact) mass is 252 g/mol. The molecule has 0 saturated heterocycles. The predicted molar refractivity (Wildman–Crippen MR) is 65.8 cm³/mol. The molecule has 0 heterocycles. The Bertz CT molecular complexity index is 267. The van der Waals surface area contributed by atoms with Crippen molar-refractivity contribution in [3.05, 3.63) is 0 Å². The lowest BCUT2D eigenvalue weighted by Gasteiger charge is -2.25. The summed E-state index contributed by atoms with van der Waals surface area (Å²) in [6.45, 7) is 2.08. The molecule has 0 aromatic heterocycles. The van der Waals surface area contributed by atoms with Crippen LogP contribution in [0, 0.1) is 0 Å². The summed E-state index contributed by atoms with van der Waals surface area (Å²) in [4.78, 5) is 0. The highest BCUT2D eigenvalue weighted by atomic mass is 32.2. The van der Waals surface area contributed by atoms with Crippen molar-refractivity contribution in [3.63, 3.8) is 0 Å². The van der Waals surface area contributed by atoms with Crippen LogP contribution >= 0.6 is 0 Å². The van der Waals surface area contributed by atoms with E-state index in [1.807, 2.05) is 0 Å². The van der Waals surface area contributed by atoms with Gasteiger partial charge in [-0.25, -0.2) is 8.42 Å². The average molecular weight is 252 g/mol. The van der Waals surface area contributed by atoms with Gasteiger partial charge in [0, 0.05) is 25.2 Å². The van der Waals surface area contributed by atoms with Crippen molar-refractivity contribution in [2.75, 3.05) is 19.1 Å². The van der Waals surface area contributed by atoms with Crippen molar-refractivity contribution in [1.29, 1.82) is 0 Å². The fourth-order valence-electron chi connectivity index (χ4n) is 1.71. The van der Waals surface area contributed by atoms with E-state index in [0.717, 1.165) is 12.8 Å². The zero-order valence-electron chi connectivity index (χ0n) is 10.4. The van der Waals surface area contributed by atoms with E-state index in [1.54, 1.807) is 7.11 Å². The smallest absolute Gasteiger partial charge is 0.147 e. The van der Waals surface area contributed by atoms with E-state index in [-0.39, 0.29) is 17.9 Å². The van der Waals surface area contributed by atoms with Crippen LogP contribution in [0.15, 0.2) is 0 Å². The molecule has 0 saturated carbocycles. The van der Waals surface area contributed by atoms with Crippen molar-refractivity contribution < 1.29 is 13.2 Å². The van der Waals surface area contributed by atoms with Gasteiger partial charge in [0.15, 0.2) is 0 Å². The third-order valence-electron chi connectivity index (χ3n) is 2.57. The number of ether oxygens (including phenoxy) is 1. The highest BCUT2D eigenvalue weighted by molar-refractivity contribution is 7.90. The number of hydrogen-bond donors (Lipinski definition) is 2. The summed E-state index contributed by atoms with van der Waals surface area (Å²) >= 11 is 0. The first kappa shape index (κ1) is 15.8. The highest BCUT2D eigenvalue weighted by Crippen LogP contribution is 2.11. The zero-order chi connectivity index (χ0) is 12.6. The molecule has 3 N–H and O–H groups in total. The molecule has 2 atom stereocenters. The number of nitrogens with two attached hydrogens (primary N) is 1. The van der Waals surface area contributed by atoms with Crippen LogP contribution in [0.2, 0.25) is 0 Å². The van der Waals surface area contributed by atoms with Crippen LogP contribution in [0.1, 0.15) is 32.6 Å². The molecular formula is C10H24N2O3S. The molecule has 16 heavy (non-hydrogen) atoms. The molecule has 0 aliphatic rings. The van der Waals surface area contributed by atoms with Crippen molar-refractivity contribution in [2.24, 2.45) is 5.84 Å². The maximum absolute atomic E-state index is 11.0. The topological polar surface area (TPSA) is 81.4 Å². The van der Waals surface area contributed by atoms with Crippen molar-refractivity contribution in [2.45, 2.75) is 44.8 Å². The number of hydrogen-bond acceptors (Lipinski definition) is 5. The van der Waals surface area contributed by atoms with E-state index < -0.39 is 9.84 Å². The second-order valence-corrected chi connectivity index (χ2v) is 6.37. The molecule has 0 spiro atoms. The van der Waals surface area contributed by atoms with Gasteiger partial charge in [0.1, 0.15) is 9.84 Å². The van der Waals surface area contributed by atoms with Crippen LogP contribution in [0.4, 0.5) is 0 Å². The fourth-order valence-corrected chi connectivity index (χ4v) is 2.40. The minimum Gasteiger partial charge on any atom is -0.380 e. The summed E-state index contributed by atoms with van der Waals surface area (Å²) < 4.78 is 27.3. The maximum atomic E-state index is 11.0. The lowest BCUT2D eigenvalue weighted by Crippen LogP contribution is -2.45. The Morgan fingerprint density at radius 2 is 2.00 bits per heavy atom. The molecule has 0 radical (unpaired) electrons. The highest BCUT2D eigenvalue weighted by Gasteiger charge is 2.19. The quantitative estimate of drug-likeness (QED) is 0.460. The molecule has 0 aliphatic carbocycles. The summed E-state index contributed by atoms with van der Waals surface area (Å²) in [5, 5.41) is 0. The Balaban J connectivity index is 4.07. The molecule has 6 heteroatoms. The van der Waals surface area contributed by atoms with Crippen LogP contribution in [-0.2, 0) is 14.6 Å². The number of sulfone groups is 1. The predicted octanol–water partition coefficient (Wildman–Crippen LogP) is 0.458. The minimum atomic E-state index is -2.88. The van der Waals surface area contributed by atoms with E-state index in [2.05, 4.69) is 12.3 Å².